The van der Waals surface area contributed by atoms with Crippen LogP contribution in [0.3, 0.4) is 0 Å². The molecule has 98 valence electrons. The summed E-state index contributed by atoms with van der Waals surface area (Å²) < 4.78 is 5.65. The first kappa shape index (κ1) is 13.4. The van der Waals surface area contributed by atoms with E-state index < -0.39 is 5.91 Å². The molecule has 0 aliphatic carbocycles. The normalized spacial score (nSPS) is 10.2. The van der Waals surface area contributed by atoms with Crippen LogP contribution in [0, 0.1) is 6.92 Å². The number of carbonyl (C=O) groups is 1. The molecule has 0 fully saturated rings. The van der Waals surface area contributed by atoms with E-state index in [2.05, 4.69) is 0 Å². The summed E-state index contributed by atoms with van der Waals surface area (Å²) in [5.74, 6) is 0.288. The number of hydrogen-bond donors (Lipinski definition) is 1. The maximum Gasteiger partial charge on any atom is 0.248 e. The summed E-state index contributed by atoms with van der Waals surface area (Å²) in [5.41, 5.74) is 7.71. The van der Waals surface area contributed by atoms with Crippen LogP contribution in [0.5, 0.6) is 5.75 Å². The molecule has 0 aromatic heterocycles. The van der Waals surface area contributed by atoms with Crippen molar-refractivity contribution in [3.63, 3.8) is 0 Å². The van der Waals surface area contributed by atoms with Gasteiger partial charge in [0.2, 0.25) is 5.91 Å². The van der Waals surface area contributed by atoms with Crippen LogP contribution in [0.1, 0.15) is 21.5 Å². The van der Waals surface area contributed by atoms with Crippen LogP contribution < -0.4 is 10.5 Å². The molecule has 0 aliphatic heterocycles. The van der Waals surface area contributed by atoms with Crippen LogP contribution in [0.2, 0.25) is 5.02 Å². The standard InChI is InChI=1S/C15H14ClNO2/c1-10-7-11(15(17)18)5-6-12(10)9-19-14-4-2-3-13(16)8-14/h2-8H,9H2,1H3,(H2,17,18). The highest BCUT2D eigenvalue weighted by Crippen LogP contribution is 2.19. The number of carbonyl (C=O) groups excluding carboxylic acids is 1. The Balaban J connectivity index is 2.10. The SMILES string of the molecule is Cc1cc(C(N)=O)ccc1COc1cccc(Cl)c1. The zero-order valence-corrected chi connectivity index (χ0v) is 11.3. The predicted octanol–water partition coefficient (Wildman–Crippen LogP) is 3.33. The number of hydrogen-bond acceptors (Lipinski definition) is 2. The van der Waals surface area contributed by atoms with Crippen LogP contribution in [0.4, 0.5) is 0 Å². The Hall–Kier alpha value is -2.00. The lowest BCUT2D eigenvalue weighted by Gasteiger charge is -2.09. The van der Waals surface area contributed by atoms with Crippen LogP contribution >= 0.6 is 11.6 Å². The summed E-state index contributed by atoms with van der Waals surface area (Å²) in [6.45, 7) is 2.34. The minimum Gasteiger partial charge on any atom is -0.489 e. The number of nitrogens with two attached hydrogens (primary N) is 1. The Morgan fingerprint density at radius 3 is 2.68 bits per heavy atom. The van der Waals surface area contributed by atoms with Gasteiger partial charge in [0.1, 0.15) is 12.4 Å². The number of amides is 1. The summed E-state index contributed by atoms with van der Waals surface area (Å²) >= 11 is 5.88. The number of benzene rings is 2. The lowest BCUT2D eigenvalue weighted by Crippen LogP contribution is -2.11. The van der Waals surface area contributed by atoms with E-state index in [-0.39, 0.29) is 0 Å². The van der Waals surface area contributed by atoms with Gasteiger partial charge in [-0.1, -0.05) is 23.7 Å². The van der Waals surface area contributed by atoms with E-state index in [1.54, 1.807) is 24.3 Å². The largest absolute Gasteiger partial charge is 0.489 e. The molecule has 2 N–H and O–H groups in total. The van der Waals surface area contributed by atoms with Gasteiger partial charge in [-0.3, -0.25) is 4.79 Å². The molecule has 2 aromatic carbocycles. The van der Waals surface area contributed by atoms with E-state index >= 15 is 0 Å². The Morgan fingerprint density at radius 1 is 1.26 bits per heavy atom. The molecule has 0 atom stereocenters. The van der Waals surface area contributed by atoms with Crippen molar-refractivity contribution >= 4 is 17.5 Å². The van der Waals surface area contributed by atoms with Crippen LogP contribution in [-0.2, 0) is 6.61 Å². The highest BCUT2D eigenvalue weighted by Gasteiger charge is 2.05. The first-order valence-electron chi connectivity index (χ1n) is 5.84. The summed E-state index contributed by atoms with van der Waals surface area (Å²) in [6, 6.07) is 12.5. The van der Waals surface area contributed by atoms with Gasteiger partial charge in [-0.2, -0.15) is 0 Å². The molecule has 0 spiro atoms. The molecule has 0 unspecified atom stereocenters. The molecular weight excluding hydrogens is 262 g/mol. The van der Waals surface area contributed by atoms with Gasteiger partial charge in [0.25, 0.3) is 0 Å². The van der Waals surface area contributed by atoms with E-state index in [9.17, 15) is 4.79 Å². The first-order valence-corrected chi connectivity index (χ1v) is 6.22. The van der Waals surface area contributed by atoms with Crippen LogP contribution in [-0.4, -0.2) is 5.91 Å². The molecule has 19 heavy (non-hydrogen) atoms. The van der Waals surface area contributed by atoms with E-state index in [1.165, 1.54) is 0 Å². The van der Waals surface area contributed by atoms with Gasteiger partial charge < -0.3 is 10.5 Å². The number of rotatable bonds is 4. The average Bonchev–Trinajstić information content (AvgIpc) is 2.37. The van der Waals surface area contributed by atoms with Gasteiger partial charge in [0.05, 0.1) is 0 Å². The smallest absolute Gasteiger partial charge is 0.248 e. The highest BCUT2D eigenvalue weighted by atomic mass is 35.5. The molecule has 2 rings (SSSR count). The van der Waals surface area contributed by atoms with E-state index in [0.717, 1.165) is 11.1 Å². The highest BCUT2D eigenvalue weighted by molar-refractivity contribution is 6.30. The fraction of sp³-hybridized carbons (Fsp3) is 0.133. The minimum atomic E-state index is -0.426. The minimum absolute atomic E-state index is 0.422. The lowest BCUT2D eigenvalue weighted by atomic mass is 10.1. The Morgan fingerprint density at radius 2 is 2.05 bits per heavy atom. The average molecular weight is 276 g/mol. The summed E-state index contributed by atoms with van der Waals surface area (Å²) in [4.78, 5) is 11.1. The zero-order valence-electron chi connectivity index (χ0n) is 10.5. The van der Waals surface area contributed by atoms with Crippen molar-refractivity contribution in [2.45, 2.75) is 13.5 Å². The van der Waals surface area contributed by atoms with Gasteiger partial charge in [-0.15, -0.1) is 0 Å². The van der Waals surface area contributed by atoms with E-state index in [0.29, 0.717) is 22.9 Å². The number of primary amides is 1. The molecule has 3 nitrogen and oxygen atoms in total. The van der Waals surface area contributed by atoms with Crippen LogP contribution in [0.25, 0.3) is 0 Å². The van der Waals surface area contributed by atoms with Crippen molar-refractivity contribution in [3.8, 4) is 5.75 Å². The molecule has 0 saturated heterocycles. The summed E-state index contributed by atoms with van der Waals surface area (Å²) in [5, 5.41) is 0.637. The van der Waals surface area contributed by atoms with Crippen molar-refractivity contribution in [2.75, 3.05) is 0 Å². The Bertz CT molecular complexity index is 611. The van der Waals surface area contributed by atoms with Crippen molar-refractivity contribution in [2.24, 2.45) is 5.73 Å². The van der Waals surface area contributed by atoms with Gasteiger partial charge in [0.15, 0.2) is 0 Å². The molecule has 0 saturated carbocycles. The summed E-state index contributed by atoms with van der Waals surface area (Å²) in [6.07, 6.45) is 0. The maximum absolute atomic E-state index is 11.1. The predicted molar refractivity (Wildman–Crippen MR) is 75.5 cm³/mol. The molecule has 0 aliphatic rings. The van der Waals surface area contributed by atoms with Crippen LogP contribution in [0.15, 0.2) is 42.5 Å². The third kappa shape index (κ3) is 3.48. The molecule has 0 bridgehead atoms. The van der Waals surface area contributed by atoms with E-state index in [1.807, 2.05) is 25.1 Å². The summed E-state index contributed by atoms with van der Waals surface area (Å²) in [7, 11) is 0. The fourth-order valence-electron chi connectivity index (χ4n) is 1.73. The molecule has 4 heteroatoms. The quantitative estimate of drug-likeness (QED) is 0.930. The number of halogens is 1. The van der Waals surface area contributed by atoms with Crippen molar-refractivity contribution in [1.82, 2.24) is 0 Å². The molecule has 1 amide bonds. The van der Waals surface area contributed by atoms with Gasteiger partial charge in [0, 0.05) is 10.6 Å². The zero-order chi connectivity index (χ0) is 13.8. The Labute approximate surface area is 117 Å². The topological polar surface area (TPSA) is 52.3 Å². The van der Waals surface area contributed by atoms with E-state index in [4.69, 9.17) is 22.1 Å². The lowest BCUT2D eigenvalue weighted by molar-refractivity contribution is 0.1000. The molecule has 0 heterocycles. The second-order valence-electron chi connectivity index (χ2n) is 4.25. The third-order valence-corrected chi connectivity index (χ3v) is 3.05. The van der Waals surface area contributed by atoms with Gasteiger partial charge >= 0.3 is 0 Å². The fourth-order valence-corrected chi connectivity index (χ4v) is 1.91. The van der Waals surface area contributed by atoms with Crippen molar-refractivity contribution in [1.29, 1.82) is 0 Å². The Kier molecular flexibility index (Phi) is 4.07. The second kappa shape index (κ2) is 5.76. The maximum atomic E-state index is 11.1. The first-order chi connectivity index (χ1) is 9.06. The molecule has 2 aromatic rings. The number of aryl methyl sites for hydroxylation is 1. The molecule has 0 radical (unpaired) electrons. The second-order valence-corrected chi connectivity index (χ2v) is 4.69. The van der Waals surface area contributed by atoms with Gasteiger partial charge in [-0.25, -0.2) is 0 Å². The van der Waals surface area contributed by atoms with Gasteiger partial charge in [-0.05, 0) is 48.4 Å². The third-order valence-electron chi connectivity index (χ3n) is 2.82. The molecular formula is C15H14ClNO2. The monoisotopic (exact) mass is 275 g/mol. The van der Waals surface area contributed by atoms with Crippen molar-refractivity contribution in [3.05, 3.63) is 64.2 Å². The number of ether oxygens (including phenoxy) is 1. The van der Waals surface area contributed by atoms with Crippen molar-refractivity contribution < 1.29 is 9.53 Å².